The zero-order valence-electron chi connectivity index (χ0n) is 69.9. The summed E-state index contributed by atoms with van der Waals surface area (Å²) in [6.45, 7) is 0. The zero-order valence-corrected chi connectivity index (χ0v) is 73.2. The van der Waals surface area contributed by atoms with E-state index in [1.54, 1.807) is 0 Å². The molecule has 19 aromatic carbocycles. The number of rotatable bonds is 4. The van der Waals surface area contributed by atoms with Crippen LogP contribution in [0.25, 0.3) is 301 Å². The van der Waals surface area contributed by atoms with E-state index in [9.17, 15) is 0 Å². The Kier molecular flexibility index (Phi) is 14.4. The van der Waals surface area contributed by atoms with E-state index in [2.05, 4.69) is 357 Å². The molecule has 0 aliphatic rings. The Bertz CT molecular complexity index is 10900. The second-order valence-corrected chi connectivity index (χ2v) is 39.2. The van der Waals surface area contributed by atoms with Gasteiger partial charge >= 0.3 is 0 Å². The maximum atomic E-state index is 5.21. The highest BCUT2D eigenvalue weighted by molar-refractivity contribution is 7.28. The van der Waals surface area contributed by atoms with Gasteiger partial charge in [0.15, 0.2) is 16.9 Å². The third kappa shape index (κ3) is 9.88. The van der Waals surface area contributed by atoms with E-state index in [1.165, 1.54) is 229 Å². The highest BCUT2D eigenvalue weighted by Gasteiger charge is 2.30. The van der Waals surface area contributed by atoms with Gasteiger partial charge in [-0.1, -0.05) is 237 Å². The third-order valence-corrected chi connectivity index (χ3v) is 32.8. The number of aromatic nitrogens is 10. The molecule has 33 aromatic rings. The van der Waals surface area contributed by atoms with Gasteiger partial charge in [0.2, 0.25) is 0 Å². The Morgan fingerprint density at radius 3 is 1.15 bits per heavy atom. The fraction of sp³-hybridized carbons (Fsp3) is 0. The van der Waals surface area contributed by atoms with Crippen LogP contribution < -0.4 is 0 Å². The first-order valence-electron chi connectivity index (χ1n) is 44.5. The average Bonchev–Trinajstić information content (AvgIpc) is 1.53. The van der Waals surface area contributed by atoms with E-state index < -0.39 is 0 Å². The minimum absolute atomic E-state index is 0.917. The fourth-order valence-electron chi connectivity index (χ4n) is 22.2. The van der Waals surface area contributed by atoms with Crippen LogP contribution >= 0.6 is 45.3 Å². The predicted molar refractivity (Wildman–Crippen MR) is 562 cm³/mol. The number of hydrogen-bond acceptors (Lipinski definition) is 10. The van der Waals surface area contributed by atoms with Gasteiger partial charge in [-0.25, -0.2) is 29.9 Å². The van der Waals surface area contributed by atoms with Crippen LogP contribution in [0.4, 0.5) is 0 Å². The molecule has 0 amide bonds. The van der Waals surface area contributed by atoms with Gasteiger partial charge in [-0.3, -0.25) is 13.2 Å². The van der Waals surface area contributed by atoms with Gasteiger partial charge in [-0.05, 0) is 184 Å². The smallest absolute Gasteiger partial charge is 0.165 e. The molecule has 132 heavy (non-hydrogen) atoms. The Hall–Kier alpha value is -16.5. The van der Waals surface area contributed by atoms with E-state index in [4.69, 9.17) is 29.9 Å². The molecule has 33 rings (SSSR count). The van der Waals surface area contributed by atoms with E-state index in [0.29, 0.717) is 0 Å². The highest BCUT2D eigenvalue weighted by Crippen LogP contribution is 2.54. The van der Waals surface area contributed by atoms with E-state index in [0.717, 1.165) is 72.0 Å². The molecule has 0 saturated carbocycles. The molecule has 14 heteroatoms. The van der Waals surface area contributed by atoms with Crippen molar-refractivity contribution in [3.05, 3.63) is 376 Å². The molecule has 10 nitrogen and oxygen atoms in total. The van der Waals surface area contributed by atoms with Gasteiger partial charge in [-0.2, -0.15) is 0 Å². The van der Waals surface area contributed by atoms with Crippen molar-refractivity contribution in [3.8, 4) is 39.1 Å². The Morgan fingerprint density at radius 1 is 0.189 bits per heavy atom. The van der Waals surface area contributed by atoms with Gasteiger partial charge in [-0.15, -0.1) is 45.3 Å². The van der Waals surface area contributed by atoms with E-state index in [1.807, 2.05) is 81.7 Å². The summed E-state index contributed by atoms with van der Waals surface area (Å²) in [4.78, 5) is 31.0. The van der Waals surface area contributed by atoms with E-state index in [-0.39, 0.29) is 0 Å². The van der Waals surface area contributed by atoms with Gasteiger partial charge in [0.1, 0.15) is 16.6 Å². The summed E-state index contributed by atoms with van der Waals surface area (Å²) in [6, 6.07) is 136. The minimum atomic E-state index is 0.917. The van der Waals surface area contributed by atoms with Crippen molar-refractivity contribution in [1.29, 1.82) is 0 Å². The predicted octanol–water partition coefficient (Wildman–Crippen LogP) is 33.1. The molecule has 0 spiro atoms. The quantitative estimate of drug-likeness (QED) is 0.174. The second kappa shape index (κ2) is 26.6. The van der Waals surface area contributed by atoms with E-state index >= 15 is 0 Å². The lowest BCUT2D eigenvalue weighted by Crippen LogP contribution is -1.92. The van der Waals surface area contributed by atoms with Crippen molar-refractivity contribution in [2.45, 2.75) is 0 Å². The molecule has 0 aliphatic carbocycles. The summed E-state index contributed by atoms with van der Waals surface area (Å²) in [5.74, 6) is 0. The van der Waals surface area contributed by atoms with Crippen molar-refractivity contribution >= 4 is 307 Å². The van der Waals surface area contributed by atoms with Crippen LogP contribution in [0.3, 0.4) is 0 Å². The van der Waals surface area contributed by atoms with Crippen LogP contribution in [0.15, 0.2) is 376 Å². The molecule has 0 bridgehead atoms. The molecule has 608 valence electrons. The molecule has 0 fully saturated rings. The van der Waals surface area contributed by atoms with Gasteiger partial charge in [0, 0.05) is 146 Å². The minimum Gasteiger partial charge on any atom is -0.309 e. The number of fused-ring (bicyclic) bond motifs is 40. The van der Waals surface area contributed by atoms with Crippen LogP contribution in [0, 0.1) is 0 Å². The van der Waals surface area contributed by atoms with Crippen molar-refractivity contribution in [1.82, 2.24) is 47.7 Å². The lowest BCUT2D eigenvalue weighted by atomic mass is 9.99. The average molecular weight is 1750 g/mol. The molecule has 0 radical (unpaired) electrons. The molecular weight excluding hydrogens is 1690 g/mol. The monoisotopic (exact) mass is 1750 g/mol. The Labute approximate surface area is 763 Å². The molecule has 0 N–H and O–H groups in total. The summed E-state index contributed by atoms with van der Waals surface area (Å²) in [6.07, 6.45) is 0. The number of nitrogens with zero attached hydrogens (tertiary/aromatic N) is 10. The lowest BCUT2D eigenvalue weighted by molar-refractivity contribution is 1.18. The van der Waals surface area contributed by atoms with Crippen molar-refractivity contribution in [2.24, 2.45) is 0 Å². The Balaban J connectivity index is 0.0000000937. The largest absolute Gasteiger partial charge is 0.309 e. The molecule has 0 atom stereocenters. The summed E-state index contributed by atoms with van der Waals surface area (Å²) in [5.41, 5.74) is 29.5. The van der Waals surface area contributed by atoms with Crippen LogP contribution in [0.2, 0.25) is 0 Å². The van der Waals surface area contributed by atoms with Crippen LogP contribution in [0.5, 0.6) is 0 Å². The SMILES string of the molecule is c1ccc(-n2c3ccccc3c3cc(-c4ccc5sc6c(cc7c8nc9ccccc9nc8n8c9ccccc9c6c78)c5c4)ccc32)cc1.c1ccc2cc(-c3cccc4c3sc3c4cc4c5nc6ccccc6nc5n5c6ccccc6c3c45)ccc2c1.c1ccc2nc3c(nc2c1)c1cc2c4ccc(-c5ccc6c(c5)sc5ccccc56)cc4sc2c2c4ccccc4n3c12. The molecule has 14 heterocycles. The standard InChI is InChI=1S/C44H24N4S.C38H19N3S2.C36H19N3S/c1-2-10-27(11-3-1)47-36-16-8-4-12-28(36)30-22-25(18-20-38(30)47)26-19-21-39-31(23-26)32-24-33-41-44(46-35-15-7-6-14-34(35)45-41)48-37-17-9-5-13-29(37)40(42(33)48)43(32)49-39;1-5-11-30-25(8-1)34-36-27(35-38(41(30)36)40-29-10-4-3-9-28(29)39-35)19-26-24-16-14-21(18-33(24)43-37(26)34)20-13-15-23-22-7-2-6-12-31(22)42-32(23)17-20;1-2-9-21-18-22(17-16-20(21)8-1)23-11-7-12-24-26-19-27-32-36(38-29-14-5-4-13-28(29)37-32)39-30-15-6-3-10-25(30)31(33(27)39)35(26)40-34(23)24/h1-24H;1-19H;1-19H. The number of hydrogen-bond donors (Lipinski definition) is 0. The molecule has 0 saturated heterocycles. The number of benzene rings is 19. The summed E-state index contributed by atoms with van der Waals surface area (Å²) >= 11 is 7.58. The second-order valence-electron chi connectivity index (χ2n) is 35.0. The maximum absolute atomic E-state index is 5.21. The first kappa shape index (κ1) is 71.6. The van der Waals surface area contributed by atoms with Crippen LogP contribution in [-0.4, -0.2) is 47.7 Å². The van der Waals surface area contributed by atoms with Crippen LogP contribution in [0.1, 0.15) is 0 Å². The van der Waals surface area contributed by atoms with Gasteiger partial charge in [0.05, 0.1) is 77.2 Å². The van der Waals surface area contributed by atoms with Crippen molar-refractivity contribution in [2.75, 3.05) is 0 Å². The first-order chi connectivity index (χ1) is 65.4. The normalized spacial score (nSPS) is 12.5. The highest BCUT2D eigenvalue weighted by atomic mass is 32.1. The van der Waals surface area contributed by atoms with Gasteiger partial charge < -0.3 is 4.57 Å². The number of thiophene rings is 4. The van der Waals surface area contributed by atoms with Crippen molar-refractivity contribution < 1.29 is 0 Å². The summed E-state index contributed by atoms with van der Waals surface area (Å²) in [7, 11) is 0. The van der Waals surface area contributed by atoms with Crippen molar-refractivity contribution in [3.63, 3.8) is 0 Å². The summed E-state index contributed by atoms with van der Waals surface area (Å²) in [5, 5.41) is 26.7. The maximum Gasteiger partial charge on any atom is 0.165 e. The zero-order chi connectivity index (χ0) is 85.6. The lowest BCUT2D eigenvalue weighted by Gasteiger charge is -2.08. The third-order valence-electron chi connectivity index (χ3n) is 28.0. The Morgan fingerprint density at radius 2 is 0.576 bits per heavy atom. The molecule has 14 aromatic heterocycles. The molecular formula is C118H62N10S4. The molecule has 0 unspecified atom stereocenters. The summed E-state index contributed by atoms with van der Waals surface area (Å²) < 4.78 is 20.0. The number of para-hydroxylation sites is 11. The fourth-order valence-corrected chi connectivity index (χ4v) is 27.2. The molecule has 0 aliphatic heterocycles. The topological polar surface area (TPSA) is 95.5 Å². The van der Waals surface area contributed by atoms with Crippen LogP contribution in [-0.2, 0) is 0 Å². The first-order valence-corrected chi connectivity index (χ1v) is 47.8. The van der Waals surface area contributed by atoms with Gasteiger partial charge in [0.25, 0.3) is 0 Å².